The number of likely N-dealkylation sites (N-methyl/N-ethyl adjacent to an activating group) is 1. The number of carboxylic acid groups (broad SMARTS) is 1. The number of ether oxygens (including phenoxy) is 1. The third-order valence-corrected chi connectivity index (χ3v) is 2.05. The molecule has 0 heterocycles. The molecule has 1 aromatic rings. The second kappa shape index (κ2) is 6.15. The molecule has 0 fully saturated rings. The smallest absolute Gasteiger partial charge is 0.324 e. The van der Waals surface area contributed by atoms with Gasteiger partial charge in [0.15, 0.2) is 11.6 Å². The Hall–Kier alpha value is -1.69. The summed E-state index contributed by atoms with van der Waals surface area (Å²) in [5.74, 6) is -2.83. The fourth-order valence-electron chi connectivity index (χ4n) is 1.23. The summed E-state index contributed by atoms with van der Waals surface area (Å²) in [6.07, 6.45) is 0. The van der Waals surface area contributed by atoms with Crippen LogP contribution in [0.25, 0.3) is 0 Å². The summed E-state index contributed by atoms with van der Waals surface area (Å²) < 4.78 is 30.7. The summed E-state index contributed by atoms with van der Waals surface area (Å²) in [7, 11) is 0. The van der Waals surface area contributed by atoms with Gasteiger partial charge in [0, 0.05) is 6.07 Å². The van der Waals surface area contributed by atoms with Crippen LogP contribution in [-0.4, -0.2) is 30.3 Å². The Bertz CT molecular complexity index is 398. The quantitative estimate of drug-likeness (QED) is 0.795. The van der Waals surface area contributed by atoms with Crippen LogP contribution in [0.1, 0.15) is 6.92 Å². The molecule has 4 nitrogen and oxygen atoms in total. The second-order valence-electron chi connectivity index (χ2n) is 3.33. The highest BCUT2D eigenvalue weighted by Crippen LogP contribution is 2.17. The first-order chi connectivity index (χ1) is 8.04. The lowest BCUT2D eigenvalue weighted by Crippen LogP contribution is -2.41. The molecule has 0 saturated heterocycles. The van der Waals surface area contributed by atoms with E-state index in [2.05, 4.69) is 5.32 Å². The van der Waals surface area contributed by atoms with Gasteiger partial charge in [-0.1, -0.05) is 6.92 Å². The number of benzene rings is 1. The summed E-state index contributed by atoms with van der Waals surface area (Å²) in [5, 5.41) is 11.5. The predicted molar refractivity (Wildman–Crippen MR) is 57.0 cm³/mol. The van der Waals surface area contributed by atoms with Crippen LogP contribution in [0.4, 0.5) is 8.78 Å². The van der Waals surface area contributed by atoms with Gasteiger partial charge in [0.2, 0.25) is 0 Å². The maximum absolute atomic E-state index is 13.2. The van der Waals surface area contributed by atoms with E-state index < -0.39 is 23.6 Å². The van der Waals surface area contributed by atoms with Gasteiger partial charge < -0.3 is 15.2 Å². The maximum atomic E-state index is 13.2. The number of hydrogen-bond donors (Lipinski definition) is 2. The molecule has 2 N–H and O–H groups in total. The first-order valence-corrected chi connectivity index (χ1v) is 5.08. The Morgan fingerprint density at radius 2 is 2.24 bits per heavy atom. The molecule has 0 amide bonds. The Morgan fingerprint density at radius 1 is 1.53 bits per heavy atom. The number of carbonyl (C=O) groups is 1. The molecule has 1 aromatic carbocycles. The van der Waals surface area contributed by atoms with Gasteiger partial charge in [0.25, 0.3) is 0 Å². The number of aliphatic carboxylic acids is 1. The van der Waals surface area contributed by atoms with E-state index in [0.29, 0.717) is 12.6 Å². The van der Waals surface area contributed by atoms with Crippen molar-refractivity contribution >= 4 is 5.97 Å². The van der Waals surface area contributed by atoms with E-state index in [1.54, 1.807) is 6.92 Å². The van der Waals surface area contributed by atoms with Crippen LogP contribution in [0.15, 0.2) is 18.2 Å². The van der Waals surface area contributed by atoms with Crippen LogP contribution >= 0.6 is 0 Å². The Morgan fingerprint density at radius 3 is 2.76 bits per heavy atom. The van der Waals surface area contributed by atoms with Crippen molar-refractivity contribution in [3.8, 4) is 5.75 Å². The van der Waals surface area contributed by atoms with Crippen LogP contribution in [-0.2, 0) is 4.79 Å². The van der Waals surface area contributed by atoms with Crippen molar-refractivity contribution in [1.82, 2.24) is 5.32 Å². The molecule has 0 radical (unpaired) electrons. The van der Waals surface area contributed by atoms with Crippen molar-refractivity contribution in [1.29, 1.82) is 0 Å². The zero-order valence-electron chi connectivity index (χ0n) is 9.24. The molecular formula is C11H13F2NO3. The third kappa shape index (κ3) is 3.99. The van der Waals surface area contributed by atoms with Gasteiger partial charge in [-0.25, -0.2) is 8.78 Å². The predicted octanol–water partition coefficient (Wildman–Crippen LogP) is 1.41. The van der Waals surface area contributed by atoms with Crippen molar-refractivity contribution < 1.29 is 23.4 Å². The Labute approximate surface area is 97.2 Å². The van der Waals surface area contributed by atoms with Crippen LogP contribution in [0.3, 0.4) is 0 Å². The van der Waals surface area contributed by atoms with E-state index in [4.69, 9.17) is 9.84 Å². The molecule has 6 heteroatoms. The number of carboxylic acids is 1. The largest absolute Gasteiger partial charge is 0.488 e. The molecule has 17 heavy (non-hydrogen) atoms. The van der Waals surface area contributed by atoms with Gasteiger partial charge in [0.1, 0.15) is 18.5 Å². The molecule has 0 aliphatic carbocycles. The first-order valence-electron chi connectivity index (χ1n) is 5.08. The lowest BCUT2D eigenvalue weighted by atomic mass is 10.3. The normalized spacial score (nSPS) is 12.2. The fourth-order valence-corrected chi connectivity index (χ4v) is 1.23. The summed E-state index contributed by atoms with van der Waals surface area (Å²) in [6, 6.07) is 1.92. The summed E-state index contributed by atoms with van der Waals surface area (Å²) in [4.78, 5) is 10.8. The van der Waals surface area contributed by atoms with E-state index in [1.807, 2.05) is 0 Å². The van der Waals surface area contributed by atoms with Crippen molar-refractivity contribution in [3.63, 3.8) is 0 Å². The zero-order valence-corrected chi connectivity index (χ0v) is 9.24. The highest BCUT2D eigenvalue weighted by Gasteiger charge is 2.17. The molecule has 0 aliphatic rings. The summed E-state index contributed by atoms with van der Waals surface area (Å²) in [6.45, 7) is 1.96. The molecule has 0 saturated carbocycles. The monoisotopic (exact) mass is 245 g/mol. The van der Waals surface area contributed by atoms with E-state index in [1.165, 1.54) is 0 Å². The average molecular weight is 245 g/mol. The van der Waals surface area contributed by atoms with Crippen molar-refractivity contribution in [3.05, 3.63) is 29.8 Å². The van der Waals surface area contributed by atoms with Gasteiger partial charge in [-0.3, -0.25) is 4.79 Å². The number of hydrogen-bond acceptors (Lipinski definition) is 3. The molecule has 0 aliphatic heterocycles. The lowest BCUT2D eigenvalue weighted by molar-refractivity contribution is -0.140. The highest BCUT2D eigenvalue weighted by molar-refractivity contribution is 5.73. The molecular weight excluding hydrogens is 232 g/mol. The van der Waals surface area contributed by atoms with Crippen molar-refractivity contribution in [2.45, 2.75) is 13.0 Å². The molecule has 1 atom stereocenters. The Kier molecular flexibility index (Phi) is 4.84. The minimum Gasteiger partial charge on any atom is -0.488 e. The Balaban J connectivity index is 2.62. The van der Waals surface area contributed by atoms with Gasteiger partial charge in [-0.05, 0) is 18.7 Å². The fraction of sp³-hybridized carbons (Fsp3) is 0.364. The highest BCUT2D eigenvalue weighted by atomic mass is 19.1. The second-order valence-corrected chi connectivity index (χ2v) is 3.33. The van der Waals surface area contributed by atoms with Gasteiger partial charge in [-0.2, -0.15) is 0 Å². The van der Waals surface area contributed by atoms with Crippen LogP contribution < -0.4 is 10.1 Å². The minimum absolute atomic E-state index is 0.171. The maximum Gasteiger partial charge on any atom is 0.324 e. The number of nitrogens with one attached hydrogen (secondary N) is 1. The summed E-state index contributed by atoms with van der Waals surface area (Å²) in [5.41, 5.74) is 0. The number of halogens is 2. The molecule has 1 unspecified atom stereocenters. The summed E-state index contributed by atoms with van der Waals surface area (Å²) >= 11 is 0. The molecule has 0 spiro atoms. The molecule has 0 bridgehead atoms. The SMILES string of the molecule is CCNC(COc1ccc(F)cc1F)C(=O)O. The molecule has 0 aromatic heterocycles. The van der Waals surface area contributed by atoms with Gasteiger partial charge >= 0.3 is 5.97 Å². The topological polar surface area (TPSA) is 58.6 Å². The van der Waals surface area contributed by atoms with Crippen LogP contribution in [0.2, 0.25) is 0 Å². The van der Waals surface area contributed by atoms with Gasteiger partial charge in [-0.15, -0.1) is 0 Å². The van der Waals surface area contributed by atoms with Crippen LogP contribution in [0.5, 0.6) is 5.75 Å². The van der Waals surface area contributed by atoms with E-state index in [-0.39, 0.29) is 12.4 Å². The minimum atomic E-state index is -1.09. The van der Waals surface area contributed by atoms with Gasteiger partial charge in [0.05, 0.1) is 0 Å². The van der Waals surface area contributed by atoms with E-state index in [9.17, 15) is 13.6 Å². The molecule has 1 rings (SSSR count). The average Bonchev–Trinajstić information content (AvgIpc) is 2.25. The van der Waals surface area contributed by atoms with E-state index in [0.717, 1.165) is 12.1 Å². The molecule has 94 valence electrons. The number of rotatable bonds is 6. The van der Waals surface area contributed by atoms with Crippen molar-refractivity contribution in [2.24, 2.45) is 0 Å². The lowest BCUT2D eigenvalue weighted by Gasteiger charge is -2.14. The van der Waals surface area contributed by atoms with Crippen LogP contribution in [0, 0.1) is 11.6 Å². The van der Waals surface area contributed by atoms with Crippen molar-refractivity contribution in [2.75, 3.05) is 13.2 Å². The first kappa shape index (κ1) is 13.4. The standard InChI is InChI=1S/C11H13F2NO3/c1-2-14-9(11(15)16)6-17-10-4-3-7(12)5-8(10)13/h3-5,9,14H,2,6H2,1H3,(H,15,16). The van der Waals surface area contributed by atoms with E-state index >= 15 is 0 Å². The zero-order chi connectivity index (χ0) is 12.8. The third-order valence-electron chi connectivity index (χ3n) is 2.05.